The first-order chi connectivity index (χ1) is 62.5. The summed E-state index contributed by atoms with van der Waals surface area (Å²) in [6, 6.07) is 8.26. The van der Waals surface area contributed by atoms with Crippen LogP contribution in [0, 0.1) is 11.8 Å². The molecule has 0 fully saturated rings. The van der Waals surface area contributed by atoms with Gasteiger partial charge in [-0.1, -0.05) is 290 Å². The third-order valence-electron chi connectivity index (χ3n) is 23.6. The number of H-pyrrole nitrogens is 2. The van der Waals surface area contributed by atoms with Gasteiger partial charge in [-0.15, -0.1) is 0 Å². The van der Waals surface area contributed by atoms with Gasteiger partial charge in [-0.05, 0) is 86.1 Å². The zero-order valence-electron chi connectivity index (χ0n) is 80.3. The first-order valence-corrected chi connectivity index (χ1v) is 52.2. The van der Waals surface area contributed by atoms with E-state index in [4.69, 9.17) is 39.6 Å². The number of hydrogen-bond acceptors (Lipinski definition) is 19. The van der Waals surface area contributed by atoms with Crippen LogP contribution in [0.15, 0.2) is 54.9 Å². The molecule has 742 valence electrons. The van der Waals surface area contributed by atoms with Crippen molar-refractivity contribution in [3.05, 3.63) is 71.0 Å². The van der Waals surface area contributed by atoms with E-state index in [1.54, 1.807) is 32.5 Å². The van der Waals surface area contributed by atoms with Gasteiger partial charge >= 0.3 is 24.2 Å². The van der Waals surface area contributed by atoms with Crippen molar-refractivity contribution in [3.8, 4) is 0 Å². The number of unbranched alkanes of at least 4 members (excludes halogenated alkanes) is 28. The summed E-state index contributed by atoms with van der Waals surface area (Å²) >= 11 is 6.38. The van der Waals surface area contributed by atoms with Crippen LogP contribution >= 0.6 is 19.4 Å². The number of phosphoric acid groups is 1. The molecule has 4 rings (SSSR count). The van der Waals surface area contributed by atoms with Crippen molar-refractivity contribution in [1.29, 1.82) is 0 Å². The molecule has 4 aromatic rings. The summed E-state index contributed by atoms with van der Waals surface area (Å²) in [5.41, 5.74) is 3.15. The van der Waals surface area contributed by atoms with E-state index in [-0.39, 0.29) is 119 Å². The molecule has 2 heterocycles. The van der Waals surface area contributed by atoms with Crippen LogP contribution in [-0.2, 0) is 103 Å². The number of ether oxygens (including phenoxy) is 4. The molecule has 0 bridgehead atoms. The van der Waals surface area contributed by atoms with Crippen molar-refractivity contribution in [3.63, 3.8) is 0 Å². The normalized spacial score (nSPS) is 14.2. The first kappa shape index (κ1) is 117. The van der Waals surface area contributed by atoms with Gasteiger partial charge < -0.3 is 71.0 Å². The largest absolute Gasteiger partial charge is 0.472 e. The van der Waals surface area contributed by atoms with E-state index in [0.717, 1.165) is 116 Å². The Morgan fingerprint density at radius 3 is 1.44 bits per heavy atom. The highest BCUT2D eigenvalue weighted by atomic mass is 35.5. The summed E-state index contributed by atoms with van der Waals surface area (Å²) in [7, 11) is -7.88. The molecule has 0 saturated carbocycles. The number of phosphoric ester groups is 1. The number of Topliss-reactive ketones (excluding diaryl/α,β-unsaturated/α-hetero) is 1. The Morgan fingerprint density at radius 1 is 0.469 bits per heavy atom. The van der Waals surface area contributed by atoms with E-state index >= 15 is 0 Å². The number of aromatic amines is 2. The molecule has 0 radical (unpaired) electrons. The van der Waals surface area contributed by atoms with Crippen LogP contribution in [0.25, 0.3) is 21.8 Å². The van der Waals surface area contributed by atoms with Gasteiger partial charge in [-0.25, -0.2) is 8.75 Å². The maximum Gasteiger partial charge on any atom is 0.472 e. The minimum atomic E-state index is -5.01. The zero-order chi connectivity index (χ0) is 95.6. The smallest absolute Gasteiger partial charge is 0.462 e. The SMILES string of the molecule is CCCCCCCCCCCCCC(=O)N[C@@H](CCC(=O)[C@H](COS(=O)(=O)O)NC(=O)CNC(=O)[C@@H](NC(=O)Cc1c[nH]c2ccccc12)[C@@H](C)CC)COCC[C@@H](CCCCCCC)OC(C)=O.CCCCCCCCCCCCCC(=O)N[C@H](COCC[C@@H](CCCCCCC)OC)COP(=O)(O)OCCNC(=O)[C@@H](NC(=O)Cc1c[nH]c2cccc(Cl)c12)[C@@H](C)CC. The number of methoxy groups -OCH3 is 1. The quantitative estimate of drug-likeness (QED) is 0.00846. The molecule has 130 heavy (non-hydrogen) atoms. The summed E-state index contributed by atoms with van der Waals surface area (Å²) < 4.78 is 83.5. The lowest BCUT2D eigenvalue weighted by molar-refractivity contribution is -0.147. The molecule has 0 aliphatic carbocycles. The van der Waals surface area contributed by atoms with Gasteiger partial charge in [0, 0.05) is 87.1 Å². The van der Waals surface area contributed by atoms with E-state index in [9.17, 15) is 65.6 Å². The van der Waals surface area contributed by atoms with Gasteiger partial charge in [0.05, 0.1) is 82.2 Å². The van der Waals surface area contributed by atoms with Crippen LogP contribution in [0.4, 0.5) is 0 Å². The van der Waals surface area contributed by atoms with Crippen LogP contribution in [0.2, 0.25) is 5.02 Å². The van der Waals surface area contributed by atoms with Gasteiger partial charge in [-0.2, -0.15) is 8.42 Å². The fourth-order valence-electron chi connectivity index (χ4n) is 15.4. The monoisotopic (exact) mass is 1890 g/mol. The second-order valence-corrected chi connectivity index (χ2v) is 37.8. The second-order valence-electron chi connectivity index (χ2n) is 34.8. The van der Waals surface area contributed by atoms with Crippen LogP contribution in [-0.4, -0.2) is 190 Å². The molecule has 0 aliphatic heterocycles. The van der Waals surface area contributed by atoms with Crippen LogP contribution in [0.5, 0.6) is 0 Å². The summed E-state index contributed by atoms with van der Waals surface area (Å²) in [4.78, 5) is 134. The fourth-order valence-corrected chi connectivity index (χ4v) is 16.8. The van der Waals surface area contributed by atoms with Crippen molar-refractivity contribution in [2.75, 3.05) is 66.4 Å². The Hall–Kier alpha value is -6.90. The number of benzene rings is 2. The highest BCUT2D eigenvalue weighted by Gasteiger charge is 2.32. The maximum atomic E-state index is 13.7. The predicted octanol–water partition coefficient (Wildman–Crippen LogP) is 18.0. The topological polar surface area (TPSA) is 426 Å². The minimum Gasteiger partial charge on any atom is -0.462 e. The Balaban J connectivity index is 0.000000675. The molecule has 2 aromatic heterocycles. The van der Waals surface area contributed by atoms with Crippen molar-refractivity contribution >= 4 is 105 Å². The lowest BCUT2D eigenvalue weighted by Gasteiger charge is -2.24. The molecule has 0 aliphatic rings. The van der Waals surface area contributed by atoms with Crippen LogP contribution in [0.3, 0.4) is 0 Å². The number of hydrogen-bond donors (Lipinski definition) is 11. The van der Waals surface area contributed by atoms with E-state index in [1.807, 2.05) is 57.2 Å². The van der Waals surface area contributed by atoms with Gasteiger partial charge in [0.15, 0.2) is 5.78 Å². The molecular formula is C97H165ClN9O21PS. The zero-order valence-corrected chi connectivity index (χ0v) is 82.7. The van der Waals surface area contributed by atoms with E-state index < -0.39 is 91.0 Å². The molecule has 2 aromatic carbocycles. The van der Waals surface area contributed by atoms with Gasteiger partial charge in [-0.3, -0.25) is 56.8 Å². The summed E-state index contributed by atoms with van der Waals surface area (Å²) in [6.07, 6.45) is 44.4. The highest BCUT2D eigenvalue weighted by molar-refractivity contribution is 7.80. The number of esters is 1. The van der Waals surface area contributed by atoms with Crippen LogP contribution in [0.1, 0.15) is 343 Å². The second kappa shape index (κ2) is 71.6. The number of para-hydroxylation sites is 1. The molecule has 7 amide bonds. The number of amides is 7. The average molecular weight is 1890 g/mol. The van der Waals surface area contributed by atoms with E-state index in [0.29, 0.717) is 56.6 Å². The number of carbonyl (C=O) groups excluding carboxylic acids is 9. The Kier molecular flexibility index (Phi) is 64.6. The molecular weight excluding hydrogens is 1730 g/mol. The average Bonchev–Trinajstić information content (AvgIpc) is 1.66. The number of fused-ring (bicyclic) bond motifs is 2. The summed E-state index contributed by atoms with van der Waals surface area (Å²) in [5, 5.41) is 21.3. The third-order valence-corrected chi connectivity index (χ3v) is 25.3. The Morgan fingerprint density at radius 2 is 0.923 bits per heavy atom. The summed E-state index contributed by atoms with van der Waals surface area (Å²) in [6.45, 7) is 16.0. The van der Waals surface area contributed by atoms with Gasteiger partial charge in [0.1, 0.15) is 24.2 Å². The standard InChI is InChI=1S/C51H85N5O12S.C46H80ClN4O9P/c1-6-9-11-13-14-15-16-17-18-20-22-28-47(59)54-41(36-66-32-31-42(68-39(5)57)25-21-19-12-10-7-2)29-30-46(58)45(37-67-69(63,64)65)55-49(61)35-53-51(62)50(38(4)8-3)56-48(60)33-40-34-52-44-27-24-23-26-43(40)44;1-6-9-11-13-14-15-16-17-18-20-22-27-42(52)50-38(34-58-30-28-39(57-5)24-21-19-12-10-7-2)35-60-61(55,56)59-31-29-48-46(54)45(36(4)8-3)51-43(53)32-37-33-49-41-26-23-25-40(47)44(37)41/h23-24,26-27,34,38,41-42,45,50,52H,6-22,25,28-33,35-37H2,1-5H3,(H,53,62)(H,54,59)(H,55,61)(H,56,60)(H,63,64,65);23,25-26,33,36,38-39,45,49H,6-22,24,27-32,34-35H2,1-5H3,(H,48,54)(H,50,52)(H,51,53)(H,55,56)/t38-,41-,42+,45-,50-;36-,38+,39+,45-/m00/s1. The number of ketones is 1. The number of carbonyl (C=O) groups is 9. The molecule has 30 nitrogen and oxygen atoms in total. The van der Waals surface area contributed by atoms with Crippen molar-refractivity contribution in [2.45, 2.75) is 387 Å². The summed E-state index contributed by atoms with van der Waals surface area (Å²) in [5.74, 6) is -4.60. The Labute approximate surface area is 781 Å². The molecule has 11 N–H and O–H groups in total. The molecule has 1 unspecified atom stereocenters. The molecule has 0 saturated heterocycles. The number of aromatic nitrogens is 2. The lowest BCUT2D eigenvalue weighted by atomic mass is 9.97. The number of rotatable bonds is 79. The predicted molar refractivity (Wildman–Crippen MR) is 513 cm³/mol. The minimum absolute atomic E-state index is 0.00807. The Bertz CT molecular complexity index is 3970. The van der Waals surface area contributed by atoms with Crippen LogP contribution < -0.4 is 37.2 Å². The van der Waals surface area contributed by atoms with Crippen molar-refractivity contribution in [2.24, 2.45) is 11.8 Å². The first-order valence-electron chi connectivity index (χ1n) is 48.9. The van der Waals surface area contributed by atoms with Gasteiger partial charge in [0.2, 0.25) is 41.4 Å². The van der Waals surface area contributed by atoms with Crippen molar-refractivity contribution < 1.29 is 97.8 Å². The van der Waals surface area contributed by atoms with Crippen molar-refractivity contribution in [1.82, 2.24) is 47.2 Å². The maximum absolute atomic E-state index is 13.7. The number of halogens is 1. The molecule has 33 heteroatoms. The molecule has 0 spiro atoms. The van der Waals surface area contributed by atoms with Gasteiger partial charge in [0.25, 0.3) is 0 Å². The highest BCUT2D eigenvalue weighted by Crippen LogP contribution is 2.43. The van der Waals surface area contributed by atoms with E-state index in [2.05, 4.69) is 79.1 Å². The molecule has 10 atom stereocenters. The van der Waals surface area contributed by atoms with E-state index in [1.165, 1.54) is 129 Å². The third kappa shape index (κ3) is 55.1. The fraction of sp³-hybridized carbons (Fsp3) is 0.742. The lowest BCUT2D eigenvalue weighted by Crippen LogP contribution is -2.53. The number of nitrogens with one attached hydrogen (secondary N) is 9.